The number of nitrogens with one attached hydrogen (secondary N) is 1. The van der Waals surface area contributed by atoms with Crippen molar-refractivity contribution in [2.75, 3.05) is 6.54 Å². The second-order valence-electron chi connectivity index (χ2n) is 4.99. The summed E-state index contributed by atoms with van der Waals surface area (Å²) in [7, 11) is 0. The predicted octanol–water partition coefficient (Wildman–Crippen LogP) is 3.88. The summed E-state index contributed by atoms with van der Waals surface area (Å²) in [5, 5.41) is 4.17. The van der Waals surface area contributed by atoms with E-state index >= 15 is 0 Å². The summed E-state index contributed by atoms with van der Waals surface area (Å²) in [5.74, 6) is 0.661. The van der Waals surface area contributed by atoms with Gasteiger partial charge in [-0.15, -0.1) is 0 Å². The third-order valence-electron chi connectivity index (χ3n) is 2.64. The van der Waals surface area contributed by atoms with Crippen LogP contribution in [0.2, 0.25) is 0 Å². The fourth-order valence-corrected chi connectivity index (χ4v) is 2.61. The maximum atomic E-state index is 5.40. The van der Waals surface area contributed by atoms with Crippen molar-refractivity contribution >= 4 is 11.8 Å². The molecule has 19 heavy (non-hydrogen) atoms. The molecule has 0 amide bonds. The Morgan fingerprint density at radius 1 is 1.32 bits per heavy atom. The Kier molecular flexibility index (Phi) is 5.05. The highest BCUT2D eigenvalue weighted by Gasteiger charge is 2.08. The lowest BCUT2D eigenvalue weighted by molar-refractivity contribution is 0.454. The molecule has 0 fully saturated rings. The molecule has 0 unspecified atom stereocenters. The van der Waals surface area contributed by atoms with Gasteiger partial charge < -0.3 is 9.73 Å². The van der Waals surface area contributed by atoms with Crippen molar-refractivity contribution in [3.63, 3.8) is 0 Å². The van der Waals surface area contributed by atoms with Gasteiger partial charge in [0.15, 0.2) is 0 Å². The van der Waals surface area contributed by atoms with Gasteiger partial charge in [-0.3, -0.25) is 0 Å². The van der Waals surface area contributed by atoms with E-state index in [4.69, 9.17) is 4.42 Å². The topological polar surface area (TPSA) is 38.1 Å². The van der Waals surface area contributed by atoms with Crippen LogP contribution in [0.4, 0.5) is 0 Å². The Labute approximate surface area is 118 Å². The van der Waals surface area contributed by atoms with Crippen molar-refractivity contribution in [2.45, 2.75) is 37.4 Å². The molecule has 0 saturated carbocycles. The van der Waals surface area contributed by atoms with E-state index in [-0.39, 0.29) is 0 Å². The van der Waals surface area contributed by atoms with Gasteiger partial charge in [-0.2, -0.15) is 0 Å². The highest BCUT2D eigenvalue weighted by atomic mass is 32.2. The zero-order valence-electron chi connectivity index (χ0n) is 11.6. The first-order chi connectivity index (χ1) is 9.15. The second kappa shape index (κ2) is 6.78. The second-order valence-corrected chi connectivity index (χ2v) is 5.98. The molecule has 1 aromatic carbocycles. The smallest absolute Gasteiger partial charge is 0.260 e. The SMILES string of the molecule is Cc1coc(Sc2ccccc2CNCC(C)C)n1. The normalized spacial score (nSPS) is 11.2. The van der Waals surface area contributed by atoms with E-state index in [0.29, 0.717) is 11.1 Å². The van der Waals surface area contributed by atoms with E-state index in [1.165, 1.54) is 10.5 Å². The van der Waals surface area contributed by atoms with Crippen LogP contribution in [-0.2, 0) is 6.54 Å². The summed E-state index contributed by atoms with van der Waals surface area (Å²) in [6.07, 6.45) is 1.68. The Morgan fingerprint density at radius 2 is 2.11 bits per heavy atom. The Hall–Kier alpha value is -1.26. The van der Waals surface area contributed by atoms with Gasteiger partial charge in [0.2, 0.25) is 0 Å². The van der Waals surface area contributed by atoms with Crippen molar-refractivity contribution in [1.82, 2.24) is 10.3 Å². The number of hydrogen-bond acceptors (Lipinski definition) is 4. The van der Waals surface area contributed by atoms with Crippen molar-refractivity contribution in [2.24, 2.45) is 5.92 Å². The zero-order valence-corrected chi connectivity index (χ0v) is 12.5. The molecule has 4 heteroatoms. The van der Waals surface area contributed by atoms with Crippen molar-refractivity contribution in [3.8, 4) is 0 Å². The van der Waals surface area contributed by atoms with Gasteiger partial charge in [-0.1, -0.05) is 32.0 Å². The predicted molar refractivity (Wildman–Crippen MR) is 78.3 cm³/mol. The molecule has 2 rings (SSSR count). The molecule has 0 aliphatic rings. The van der Waals surface area contributed by atoms with Crippen LogP contribution < -0.4 is 5.32 Å². The van der Waals surface area contributed by atoms with E-state index in [1.54, 1.807) is 18.0 Å². The van der Waals surface area contributed by atoms with E-state index in [2.05, 4.69) is 42.3 Å². The summed E-state index contributed by atoms with van der Waals surface area (Å²) in [4.78, 5) is 5.53. The van der Waals surface area contributed by atoms with Crippen LogP contribution in [0.5, 0.6) is 0 Å². The quantitative estimate of drug-likeness (QED) is 0.869. The lowest BCUT2D eigenvalue weighted by Gasteiger charge is -2.10. The molecular weight excluding hydrogens is 256 g/mol. The fraction of sp³-hybridized carbons (Fsp3) is 0.400. The monoisotopic (exact) mass is 276 g/mol. The maximum absolute atomic E-state index is 5.40. The van der Waals surface area contributed by atoms with Crippen LogP contribution in [-0.4, -0.2) is 11.5 Å². The highest BCUT2D eigenvalue weighted by Crippen LogP contribution is 2.29. The summed E-state index contributed by atoms with van der Waals surface area (Å²) >= 11 is 1.58. The fourth-order valence-electron chi connectivity index (χ4n) is 1.72. The molecule has 2 aromatic rings. The summed E-state index contributed by atoms with van der Waals surface area (Å²) < 4.78 is 5.40. The molecule has 0 saturated heterocycles. The Balaban J connectivity index is 2.03. The molecule has 3 nitrogen and oxygen atoms in total. The van der Waals surface area contributed by atoms with Gasteiger partial charge in [0.25, 0.3) is 5.22 Å². The molecule has 1 N–H and O–H groups in total. The van der Waals surface area contributed by atoms with E-state index < -0.39 is 0 Å². The first kappa shape index (κ1) is 14.2. The first-order valence-electron chi connectivity index (χ1n) is 6.53. The van der Waals surface area contributed by atoms with Crippen LogP contribution in [0, 0.1) is 12.8 Å². The van der Waals surface area contributed by atoms with Gasteiger partial charge in [0.1, 0.15) is 6.26 Å². The number of aromatic nitrogens is 1. The van der Waals surface area contributed by atoms with Crippen LogP contribution in [0.1, 0.15) is 25.1 Å². The van der Waals surface area contributed by atoms with Gasteiger partial charge in [-0.05, 0) is 42.8 Å². The molecule has 1 aromatic heterocycles. The highest BCUT2D eigenvalue weighted by molar-refractivity contribution is 7.99. The van der Waals surface area contributed by atoms with Crippen LogP contribution in [0.15, 0.2) is 45.1 Å². The largest absolute Gasteiger partial charge is 0.439 e. The molecule has 102 valence electrons. The molecule has 0 spiro atoms. The third kappa shape index (κ3) is 4.40. The molecular formula is C15H20N2OS. The maximum Gasteiger partial charge on any atom is 0.260 e. The van der Waals surface area contributed by atoms with Gasteiger partial charge in [0, 0.05) is 11.4 Å². The van der Waals surface area contributed by atoms with E-state index in [0.717, 1.165) is 18.8 Å². The first-order valence-corrected chi connectivity index (χ1v) is 7.35. The van der Waals surface area contributed by atoms with Gasteiger partial charge in [-0.25, -0.2) is 4.98 Å². The van der Waals surface area contributed by atoms with Crippen molar-refractivity contribution < 1.29 is 4.42 Å². The van der Waals surface area contributed by atoms with Crippen LogP contribution >= 0.6 is 11.8 Å². The summed E-state index contributed by atoms with van der Waals surface area (Å²) in [5.41, 5.74) is 2.20. The Morgan fingerprint density at radius 3 is 2.79 bits per heavy atom. The van der Waals surface area contributed by atoms with E-state index in [9.17, 15) is 0 Å². The van der Waals surface area contributed by atoms with E-state index in [1.807, 2.05) is 13.0 Å². The van der Waals surface area contributed by atoms with Crippen molar-refractivity contribution in [1.29, 1.82) is 0 Å². The lowest BCUT2D eigenvalue weighted by atomic mass is 10.2. The number of oxazole rings is 1. The average molecular weight is 276 g/mol. The third-order valence-corrected chi connectivity index (χ3v) is 3.62. The molecule has 0 radical (unpaired) electrons. The number of rotatable bonds is 6. The molecule has 0 aliphatic heterocycles. The van der Waals surface area contributed by atoms with Crippen molar-refractivity contribution in [3.05, 3.63) is 41.8 Å². The average Bonchev–Trinajstić information content (AvgIpc) is 2.77. The number of aryl methyl sites for hydroxylation is 1. The molecule has 1 heterocycles. The molecule has 0 atom stereocenters. The minimum Gasteiger partial charge on any atom is -0.439 e. The van der Waals surface area contributed by atoms with Gasteiger partial charge >= 0.3 is 0 Å². The molecule has 0 aliphatic carbocycles. The minimum absolute atomic E-state index is 0.661. The standard InChI is InChI=1S/C15H20N2OS/c1-11(2)8-16-9-13-6-4-5-7-14(13)19-15-17-12(3)10-18-15/h4-7,10-11,16H,8-9H2,1-3H3. The minimum atomic E-state index is 0.661. The zero-order chi connectivity index (χ0) is 13.7. The lowest BCUT2D eigenvalue weighted by Crippen LogP contribution is -2.19. The van der Waals surface area contributed by atoms with Gasteiger partial charge in [0.05, 0.1) is 5.69 Å². The Bertz CT molecular complexity index is 522. The summed E-state index contributed by atoms with van der Waals surface area (Å²) in [6, 6.07) is 8.36. The number of hydrogen-bond donors (Lipinski definition) is 1. The number of benzene rings is 1. The van der Waals surface area contributed by atoms with Crippen LogP contribution in [0.3, 0.4) is 0 Å². The van der Waals surface area contributed by atoms with Crippen LogP contribution in [0.25, 0.3) is 0 Å². The molecule has 0 bridgehead atoms. The number of nitrogens with zero attached hydrogens (tertiary/aromatic N) is 1. The summed E-state index contributed by atoms with van der Waals surface area (Å²) in [6.45, 7) is 8.26.